The number of carboxylic acids is 1. The Hall–Kier alpha value is -2.42. The number of carbonyl (C=O) groups is 1. The third-order valence-corrected chi connectivity index (χ3v) is 9.56. The van der Waals surface area contributed by atoms with Crippen LogP contribution in [0.2, 0.25) is 0 Å². The van der Waals surface area contributed by atoms with Crippen LogP contribution in [0, 0.1) is 17.8 Å². The molecule has 1 fully saturated rings. The zero-order chi connectivity index (χ0) is 31.1. The van der Waals surface area contributed by atoms with Gasteiger partial charge < -0.3 is 31.1 Å². The number of carboxylic acid groups (broad SMARTS) is 1. The van der Waals surface area contributed by atoms with E-state index in [0.29, 0.717) is 31.5 Å². The number of aliphatic hydroxyl groups excluding tert-OH is 2. The van der Waals surface area contributed by atoms with E-state index in [1.807, 2.05) is 24.3 Å². The zero-order valence-electron chi connectivity index (χ0n) is 26.2. The van der Waals surface area contributed by atoms with Crippen LogP contribution < -0.4 is 10.7 Å². The lowest BCUT2D eigenvalue weighted by atomic mass is 9.81. The summed E-state index contributed by atoms with van der Waals surface area (Å²) < 4.78 is 0. The van der Waals surface area contributed by atoms with E-state index in [1.54, 1.807) is 12.4 Å². The Balaban J connectivity index is 1.45. The standard InChI is InChI=1S/C35H56N3O5/c1-2-3-4-5-8-13-30(39)14-9-6-7-10-15-31(34(41)42)32(40)16-18-35(43)25-27(21-26-17-20-38-33(36)23-26)22-28(35)24-29-12-11-19-37-29/h11-12,17,19-20,23,27-28,30-32,39-40,43H,2-10,13-16,18,21-22,24-25H2,1H3,(H2,36,38)(H,41,42)/q-1. The van der Waals surface area contributed by atoms with E-state index in [9.17, 15) is 25.2 Å². The quantitative estimate of drug-likeness (QED) is 0.103. The number of anilines is 1. The molecule has 0 saturated heterocycles. The fourth-order valence-electron chi connectivity index (χ4n) is 7.08. The lowest BCUT2D eigenvalue weighted by Gasteiger charge is -2.33. The molecule has 0 spiro atoms. The Bertz CT molecular complexity index is 1050. The van der Waals surface area contributed by atoms with Gasteiger partial charge in [0.1, 0.15) is 5.82 Å². The van der Waals surface area contributed by atoms with E-state index >= 15 is 0 Å². The third-order valence-electron chi connectivity index (χ3n) is 9.56. The van der Waals surface area contributed by atoms with Gasteiger partial charge in [0, 0.05) is 6.20 Å². The molecule has 6 N–H and O–H groups in total. The van der Waals surface area contributed by atoms with Crippen molar-refractivity contribution in [3.8, 4) is 0 Å². The van der Waals surface area contributed by atoms with Crippen molar-refractivity contribution in [2.75, 3.05) is 5.73 Å². The number of unbranched alkanes of at least 4 members (excludes halogenated alkanes) is 7. The maximum absolute atomic E-state index is 12.1. The number of rotatable bonds is 22. The summed E-state index contributed by atoms with van der Waals surface area (Å²) in [7, 11) is 0. The number of nitrogens with zero attached hydrogens (tertiary/aromatic N) is 2. The summed E-state index contributed by atoms with van der Waals surface area (Å²) in [6.07, 6.45) is 17.3. The van der Waals surface area contributed by atoms with Gasteiger partial charge in [-0.15, -0.1) is 0 Å². The Morgan fingerprint density at radius 2 is 1.72 bits per heavy atom. The second-order valence-electron chi connectivity index (χ2n) is 13.1. The van der Waals surface area contributed by atoms with Gasteiger partial charge in [-0.05, 0) is 87.3 Å². The van der Waals surface area contributed by atoms with Gasteiger partial charge in [-0.1, -0.05) is 76.8 Å². The van der Waals surface area contributed by atoms with E-state index in [0.717, 1.165) is 69.0 Å². The molecule has 1 aliphatic rings. The molecule has 2 heterocycles. The molecule has 1 saturated carbocycles. The smallest absolute Gasteiger partial charge is 0.309 e. The van der Waals surface area contributed by atoms with Crippen molar-refractivity contribution in [3.05, 3.63) is 47.9 Å². The van der Waals surface area contributed by atoms with Crippen LogP contribution in [0.25, 0.3) is 0 Å². The van der Waals surface area contributed by atoms with Gasteiger partial charge in [0.05, 0.1) is 23.7 Å². The van der Waals surface area contributed by atoms with Gasteiger partial charge >= 0.3 is 5.97 Å². The lowest BCUT2D eigenvalue weighted by molar-refractivity contribution is -0.146. The molecule has 0 amide bonds. The third kappa shape index (κ3) is 12.2. The van der Waals surface area contributed by atoms with Crippen LogP contribution in [0.5, 0.6) is 0 Å². The van der Waals surface area contributed by atoms with Crippen molar-refractivity contribution < 1.29 is 25.2 Å². The highest BCUT2D eigenvalue weighted by Gasteiger charge is 2.45. The topological polar surface area (TPSA) is 151 Å². The largest absolute Gasteiger partial charge is 0.668 e. The summed E-state index contributed by atoms with van der Waals surface area (Å²) in [6.45, 7) is 2.20. The molecule has 6 atom stereocenters. The number of aromatic nitrogens is 2. The number of pyridine rings is 1. The number of hydrogen-bond acceptors (Lipinski definition) is 6. The number of aliphatic carboxylic acids is 1. The van der Waals surface area contributed by atoms with Crippen molar-refractivity contribution in [2.45, 2.75) is 140 Å². The van der Waals surface area contributed by atoms with Crippen molar-refractivity contribution >= 4 is 11.8 Å². The molecular formula is C35H56N3O5-. The minimum atomic E-state index is -1.01. The minimum absolute atomic E-state index is 0.0197. The summed E-state index contributed by atoms with van der Waals surface area (Å²) in [5.41, 5.74) is 6.92. The summed E-state index contributed by atoms with van der Waals surface area (Å²) >= 11 is 0. The van der Waals surface area contributed by atoms with E-state index in [-0.39, 0.29) is 24.4 Å². The highest BCUT2D eigenvalue weighted by molar-refractivity contribution is 5.70. The van der Waals surface area contributed by atoms with Gasteiger partial charge in [0.2, 0.25) is 0 Å². The van der Waals surface area contributed by atoms with Crippen LogP contribution in [-0.4, -0.2) is 49.2 Å². The Labute approximate surface area is 258 Å². The number of nitrogens with two attached hydrogens (primary N) is 1. The Morgan fingerprint density at radius 3 is 2.35 bits per heavy atom. The fourth-order valence-corrected chi connectivity index (χ4v) is 7.08. The summed E-state index contributed by atoms with van der Waals surface area (Å²) in [5.74, 6) is -1.11. The van der Waals surface area contributed by atoms with Gasteiger partial charge in [0.15, 0.2) is 0 Å². The molecule has 2 aromatic heterocycles. The van der Waals surface area contributed by atoms with E-state index in [4.69, 9.17) is 5.73 Å². The highest BCUT2D eigenvalue weighted by atomic mass is 16.4. The molecule has 6 unspecified atom stereocenters. The van der Waals surface area contributed by atoms with E-state index in [2.05, 4.69) is 16.9 Å². The van der Waals surface area contributed by atoms with Crippen molar-refractivity contribution in [3.63, 3.8) is 0 Å². The molecule has 43 heavy (non-hydrogen) atoms. The molecule has 2 aromatic rings. The summed E-state index contributed by atoms with van der Waals surface area (Å²) in [6, 6.07) is 7.71. The van der Waals surface area contributed by atoms with Crippen LogP contribution in [0.4, 0.5) is 5.82 Å². The molecule has 8 heteroatoms. The summed E-state index contributed by atoms with van der Waals surface area (Å²) in [4.78, 5) is 20.6. The maximum atomic E-state index is 12.1. The minimum Gasteiger partial charge on any atom is -0.668 e. The van der Waals surface area contributed by atoms with Crippen LogP contribution in [0.3, 0.4) is 0 Å². The first kappa shape index (κ1) is 35.1. The van der Waals surface area contributed by atoms with Gasteiger partial charge in [0.25, 0.3) is 0 Å². The number of nitrogen functional groups attached to an aromatic ring is 1. The Morgan fingerprint density at radius 1 is 1.02 bits per heavy atom. The number of hydrogen-bond donors (Lipinski definition) is 5. The van der Waals surface area contributed by atoms with Crippen molar-refractivity contribution in [2.24, 2.45) is 17.8 Å². The van der Waals surface area contributed by atoms with Gasteiger partial charge in [-0.2, -0.15) is 11.9 Å². The van der Waals surface area contributed by atoms with Crippen LogP contribution in [-0.2, 0) is 17.6 Å². The molecule has 0 bridgehead atoms. The van der Waals surface area contributed by atoms with Gasteiger partial charge in [-0.3, -0.25) is 4.79 Å². The summed E-state index contributed by atoms with van der Waals surface area (Å²) in [5, 5.41) is 43.0. The SMILES string of the molecule is CCCCCCCC(O)CCCCCCC(C(=O)O)C(O)CCC1(O)CC(Cc2ccnc(N)c2)CC1Cc1ccc[n-]1. The first-order valence-electron chi connectivity index (χ1n) is 16.8. The molecule has 3 rings (SSSR count). The first-order valence-corrected chi connectivity index (χ1v) is 16.8. The predicted molar refractivity (Wildman–Crippen MR) is 170 cm³/mol. The molecule has 0 aliphatic heterocycles. The van der Waals surface area contributed by atoms with E-state index in [1.165, 1.54) is 25.7 Å². The second-order valence-corrected chi connectivity index (χ2v) is 13.1. The molecule has 242 valence electrons. The molecule has 0 radical (unpaired) electrons. The van der Waals surface area contributed by atoms with E-state index < -0.39 is 23.6 Å². The monoisotopic (exact) mass is 598 g/mol. The average Bonchev–Trinajstić information content (AvgIpc) is 3.58. The first-order chi connectivity index (χ1) is 20.7. The average molecular weight is 599 g/mol. The van der Waals surface area contributed by atoms with Gasteiger partial charge in [-0.25, -0.2) is 4.98 Å². The molecular weight excluding hydrogens is 542 g/mol. The zero-order valence-corrected chi connectivity index (χ0v) is 26.2. The predicted octanol–water partition coefficient (Wildman–Crippen LogP) is 6.07. The maximum Gasteiger partial charge on any atom is 0.309 e. The highest BCUT2D eigenvalue weighted by Crippen LogP contribution is 2.46. The number of aliphatic hydroxyl groups is 3. The van der Waals surface area contributed by atoms with Crippen molar-refractivity contribution in [1.82, 2.24) is 9.97 Å². The van der Waals surface area contributed by atoms with Crippen LogP contribution >= 0.6 is 0 Å². The lowest BCUT2D eigenvalue weighted by Crippen LogP contribution is -2.37. The molecule has 1 aliphatic carbocycles. The fraction of sp³-hybridized carbons (Fsp3) is 0.714. The normalized spacial score (nSPS) is 22.4. The second kappa shape index (κ2) is 18.4. The van der Waals surface area contributed by atoms with Crippen LogP contribution in [0.1, 0.15) is 121 Å². The molecule has 0 aromatic carbocycles. The molecule has 8 nitrogen and oxygen atoms in total. The Kier molecular flexibility index (Phi) is 15.0. The van der Waals surface area contributed by atoms with Crippen LogP contribution in [0.15, 0.2) is 36.7 Å². The van der Waals surface area contributed by atoms with Crippen molar-refractivity contribution in [1.29, 1.82) is 0 Å².